The molecule has 0 spiro atoms. The molecule has 1 aliphatic carbocycles. The Morgan fingerprint density at radius 1 is 1.11 bits per heavy atom. The zero-order valence-corrected chi connectivity index (χ0v) is 17.1. The van der Waals surface area contributed by atoms with Gasteiger partial charge in [0.15, 0.2) is 0 Å². The summed E-state index contributed by atoms with van der Waals surface area (Å²) in [6.07, 6.45) is 5.03. The van der Waals surface area contributed by atoms with E-state index < -0.39 is 22.1 Å². The Hall–Kier alpha value is -1.37. The second-order valence-electron chi connectivity index (χ2n) is 8.10. The number of primary amides is 1. The van der Waals surface area contributed by atoms with Crippen molar-refractivity contribution in [2.75, 3.05) is 13.1 Å². The van der Waals surface area contributed by atoms with Gasteiger partial charge in [-0.25, -0.2) is 4.39 Å². The molecule has 1 aromatic rings. The maximum absolute atomic E-state index is 13.7. The molecule has 152 valence electrons. The second-order valence-corrected chi connectivity index (χ2v) is 9.74. The fourth-order valence-corrected chi connectivity index (χ4v) is 5.38. The number of nitrogens with two attached hydrogens (primary N) is 1. The van der Waals surface area contributed by atoms with Crippen LogP contribution in [0.2, 0.25) is 0 Å². The van der Waals surface area contributed by atoms with Gasteiger partial charge in [0.25, 0.3) is 5.91 Å². The third kappa shape index (κ3) is 3.62. The number of amides is 2. The molecule has 1 aromatic carbocycles. The van der Waals surface area contributed by atoms with Gasteiger partial charge >= 0.3 is 0 Å². The molecule has 2 heterocycles. The minimum absolute atomic E-state index is 0.0829. The van der Waals surface area contributed by atoms with Gasteiger partial charge in [0, 0.05) is 30.7 Å². The third-order valence-corrected chi connectivity index (χ3v) is 7.17. The Morgan fingerprint density at radius 2 is 1.75 bits per heavy atom. The molecule has 8 heteroatoms. The van der Waals surface area contributed by atoms with Crippen LogP contribution in [0.3, 0.4) is 0 Å². The average Bonchev–Trinajstić information content (AvgIpc) is 2.94. The lowest BCUT2D eigenvalue weighted by Crippen LogP contribution is -2.51. The number of carbonyl (C=O) groups excluding carboxylic acids is 2. The van der Waals surface area contributed by atoms with Gasteiger partial charge in [-0.15, -0.1) is 23.2 Å². The second kappa shape index (κ2) is 7.47. The number of hydrogen-bond donors (Lipinski definition) is 1. The highest BCUT2D eigenvalue weighted by Crippen LogP contribution is 2.41. The molecular weight excluding hydrogens is 404 g/mol. The van der Waals surface area contributed by atoms with Gasteiger partial charge in [0.05, 0.1) is 0 Å². The van der Waals surface area contributed by atoms with Crippen molar-refractivity contribution in [2.24, 2.45) is 5.73 Å². The highest BCUT2D eigenvalue weighted by Gasteiger charge is 2.45. The lowest BCUT2D eigenvalue weighted by molar-refractivity contribution is -0.123. The van der Waals surface area contributed by atoms with E-state index in [1.807, 2.05) is 0 Å². The molecule has 5 nitrogen and oxygen atoms in total. The topological polar surface area (TPSA) is 66.6 Å². The van der Waals surface area contributed by atoms with Crippen molar-refractivity contribution in [3.8, 4) is 0 Å². The van der Waals surface area contributed by atoms with E-state index in [4.69, 9.17) is 28.9 Å². The van der Waals surface area contributed by atoms with Gasteiger partial charge in [-0.3, -0.25) is 9.59 Å². The summed E-state index contributed by atoms with van der Waals surface area (Å²) in [6.45, 7) is 1.68. The number of alkyl halides is 2. The summed E-state index contributed by atoms with van der Waals surface area (Å²) in [6, 6.07) is 3.43. The summed E-state index contributed by atoms with van der Waals surface area (Å²) in [5.74, 6) is -1.32. The standard InChI is InChI=1S/C20H24Cl2FN3O2/c21-20(22)7-3-13(4-8-20)25-9-5-14(6-10-25)26-17(18(24)27)16-11-12(23)1-2-15(16)19(26)28/h1-2,11,13-14,17H,3-10H2,(H2,24,27). The molecule has 0 bridgehead atoms. The van der Waals surface area contributed by atoms with E-state index in [0.29, 0.717) is 17.2 Å². The van der Waals surface area contributed by atoms with Crippen LogP contribution in [0, 0.1) is 5.82 Å². The van der Waals surface area contributed by atoms with E-state index >= 15 is 0 Å². The summed E-state index contributed by atoms with van der Waals surface area (Å²) in [5, 5.41) is 0. The molecule has 1 saturated carbocycles. The maximum atomic E-state index is 13.7. The molecule has 2 fully saturated rings. The summed E-state index contributed by atoms with van der Waals surface area (Å²) < 4.78 is 13.1. The van der Waals surface area contributed by atoms with Crippen LogP contribution in [0.4, 0.5) is 4.39 Å². The molecule has 3 aliphatic rings. The number of hydrogen-bond acceptors (Lipinski definition) is 3. The molecule has 2 amide bonds. The molecular formula is C20H24Cl2FN3O2. The van der Waals surface area contributed by atoms with Crippen LogP contribution >= 0.6 is 23.2 Å². The Morgan fingerprint density at radius 3 is 2.36 bits per heavy atom. The molecule has 1 unspecified atom stereocenters. The Labute approximate surface area is 173 Å². The van der Waals surface area contributed by atoms with Gasteiger partial charge in [0.1, 0.15) is 16.2 Å². The van der Waals surface area contributed by atoms with Crippen molar-refractivity contribution in [2.45, 2.75) is 61.0 Å². The Bertz CT molecular complexity index is 786. The van der Waals surface area contributed by atoms with E-state index in [1.54, 1.807) is 4.90 Å². The molecule has 1 saturated heterocycles. The van der Waals surface area contributed by atoms with E-state index in [-0.39, 0.29) is 11.9 Å². The van der Waals surface area contributed by atoms with Crippen LogP contribution in [0.25, 0.3) is 0 Å². The van der Waals surface area contributed by atoms with Gasteiger partial charge < -0.3 is 15.5 Å². The van der Waals surface area contributed by atoms with Crippen LogP contribution in [-0.2, 0) is 4.79 Å². The minimum atomic E-state index is -0.891. The zero-order chi connectivity index (χ0) is 20.1. The molecule has 2 aliphatic heterocycles. The molecule has 4 rings (SSSR count). The summed E-state index contributed by atoms with van der Waals surface area (Å²) in [7, 11) is 0. The predicted octanol–water partition coefficient (Wildman–Crippen LogP) is 3.39. The van der Waals surface area contributed by atoms with E-state index in [1.165, 1.54) is 18.2 Å². The van der Waals surface area contributed by atoms with Crippen molar-refractivity contribution in [3.05, 3.63) is 35.1 Å². The van der Waals surface area contributed by atoms with Crippen molar-refractivity contribution in [1.29, 1.82) is 0 Å². The van der Waals surface area contributed by atoms with Crippen LogP contribution in [0.15, 0.2) is 18.2 Å². The number of halogens is 3. The zero-order valence-electron chi connectivity index (χ0n) is 15.5. The quantitative estimate of drug-likeness (QED) is 0.751. The fraction of sp³-hybridized carbons (Fsp3) is 0.600. The minimum Gasteiger partial charge on any atom is -0.368 e. The lowest BCUT2D eigenvalue weighted by Gasteiger charge is -2.44. The Kier molecular flexibility index (Phi) is 5.31. The fourth-order valence-electron chi connectivity index (χ4n) is 4.95. The van der Waals surface area contributed by atoms with Gasteiger partial charge in [-0.05, 0) is 62.3 Å². The largest absolute Gasteiger partial charge is 0.368 e. The smallest absolute Gasteiger partial charge is 0.255 e. The van der Waals surface area contributed by atoms with Gasteiger partial charge in [0.2, 0.25) is 5.91 Å². The monoisotopic (exact) mass is 427 g/mol. The Balaban J connectivity index is 1.46. The molecule has 1 atom stereocenters. The van der Waals surface area contributed by atoms with Crippen LogP contribution in [0.1, 0.15) is 60.5 Å². The van der Waals surface area contributed by atoms with Crippen molar-refractivity contribution in [3.63, 3.8) is 0 Å². The lowest BCUT2D eigenvalue weighted by atomic mass is 9.91. The summed E-state index contributed by atoms with van der Waals surface area (Å²) in [4.78, 5) is 29.1. The third-order valence-electron chi connectivity index (χ3n) is 6.42. The van der Waals surface area contributed by atoms with E-state index in [9.17, 15) is 14.0 Å². The number of benzene rings is 1. The van der Waals surface area contributed by atoms with Crippen molar-refractivity contribution in [1.82, 2.24) is 9.80 Å². The molecule has 0 aromatic heterocycles. The number of carbonyl (C=O) groups is 2. The molecule has 2 N–H and O–H groups in total. The number of likely N-dealkylation sites (tertiary alicyclic amines) is 1. The van der Waals surface area contributed by atoms with Crippen molar-refractivity contribution >= 4 is 35.0 Å². The highest BCUT2D eigenvalue weighted by atomic mass is 35.5. The first-order valence-electron chi connectivity index (χ1n) is 9.80. The number of piperidine rings is 1. The number of rotatable bonds is 3. The normalized spacial score (nSPS) is 26.5. The first-order chi connectivity index (χ1) is 13.3. The van der Waals surface area contributed by atoms with Crippen LogP contribution < -0.4 is 5.73 Å². The van der Waals surface area contributed by atoms with Crippen LogP contribution in [0.5, 0.6) is 0 Å². The number of fused-ring (bicyclic) bond motifs is 1. The highest BCUT2D eigenvalue weighted by molar-refractivity contribution is 6.48. The summed E-state index contributed by atoms with van der Waals surface area (Å²) in [5.41, 5.74) is 6.36. The molecule has 28 heavy (non-hydrogen) atoms. The molecule has 0 radical (unpaired) electrons. The summed E-state index contributed by atoms with van der Waals surface area (Å²) >= 11 is 12.5. The average molecular weight is 428 g/mol. The number of nitrogens with zero attached hydrogens (tertiary/aromatic N) is 2. The predicted molar refractivity (Wildman–Crippen MR) is 106 cm³/mol. The van der Waals surface area contributed by atoms with E-state index in [0.717, 1.165) is 51.6 Å². The van der Waals surface area contributed by atoms with Crippen molar-refractivity contribution < 1.29 is 14.0 Å². The first-order valence-corrected chi connectivity index (χ1v) is 10.6. The van der Waals surface area contributed by atoms with Gasteiger partial charge in [-0.1, -0.05) is 0 Å². The van der Waals surface area contributed by atoms with E-state index in [2.05, 4.69) is 4.90 Å². The SMILES string of the molecule is NC(=O)C1c2cc(F)ccc2C(=O)N1C1CCN(C2CCC(Cl)(Cl)CC2)CC1. The maximum Gasteiger partial charge on any atom is 0.255 e. The van der Waals surface area contributed by atoms with Crippen LogP contribution in [-0.4, -0.2) is 51.1 Å². The van der Waals surface area contributed by atoms with Gasteiger partial charge in [-0.2, -0.15) is 0 Å². The first kappa shape index (κ1) is 19.9.